The number of pyridine rings is 2. The molecule has 37 heavy (non-hydrogen) atoms. The number of sulfonamides is 1. The van der Waals surface area contributed by atoms with E-state index in [1.807, 2.05) is 12.3 Å². The predicted octanol–water partition coefficient (Wildman–Crippen LogP) is 4.07. The number of benzene rings is 1. The van der Waals surface area contributed by atoms with E-state index >= 15 is 0 Å². The van der Waals surface area contributed by atoms with Crippen molar-refractivity contribution in [2.45, 2.75) is 40.0 Å². The highest BCUT2D eigenvalue weighted by molar-refractivity contribution is 8.00. The van der Waals surface area contributed by atoms with Gasteiger partial charge in [-0.15, -0.1) is 10.2 Å². The second-order valence-corrected chi connectivity index (χ2v) is 12.8. The Balaban J connectivity index is 1.37. The normalized spacial score (nSPS) is 19.0. The van der Waals surface area contributed by atoms with E-state index in [4.69, 9.17) is 34.1 Å². The van der Waals surface area contributed by atoms with E-state index in [-0.39, 0.29) is 16.4 Å². The van der Waals surface area contributed by atoms with Gasteiger partial charge in [0.05, 0.1) is 14.9 Å². The molecule has 192 valence electrons. The average Bonchev–Trinajstić information content (AvgIpc) is 3.46. The summed E-state index contributed by atoms with van der Waals surface area (Å²) in [4.78, 5) is 7.56. The third kappa shape index (κ3) is 4.18. The Morgan fingerprint density at radius 1 is 1.14 bits per heavy atom. The maximum absolute atomic E-state index is 12.8. The van der Waals surface area contributed by atoms with Crippen molar-refractivity contribution in [3.05, 3.63) is 70.2 Å². The molecule has 1 atom stereocenters. The van der Waals surface area contributed by atoms with Crippen molar-refractivity contribution in [3.63, 3.8) is 0 Å². The zero-order valence-electron chi connectivity index (χ0n) is 19.5. The van der Waals surface area contributed by atoms with Crippen LogP contribution < -0.4 is 15.8 Å². The first kappa shape index (κ1) is 24.9. The van der Waals surface area contributed by atoms with Gasteiger partial charge in [0.2, 0.25) is 10.0 Å². The lowest BCUT2D eigenvalue weighted by atomic mass is 9.73. The SMILES string of the molecule is NC1c2cccnc2CC12CCN(c1cc(S(N)(=O)=O)c(Sc3cccc(Cl)c3Cl)c3nncn13)CC2. The Kier molecular flexibility index (Phi) is 6.13. The molecule has 1 aromatic carbocycles. The second-order valence-electron chi connectivity index (χ2n) is 9.46. The summed E-state index contributed by atoms with van der Waals surface area (Å²) in [6.07, 6.45) is 5.92. The summed E-state index contributed by atoms with van der Waals surface area (Å²) in [7, 11) is -4.11. The zero-order valence-corrected chi connectivity index (χ0v) is 22.7. The lowest BCUT2D eigenvalue weighted by Gasteiger charge is -2.43. The third-order valence-electron chi connectivity index (χ3n) is 7.44. The predicted molar refractivity (Wildman–Crippen MR) is 144 cm³/mol. The summed E-state index contributed by atoms with van der Waals surface area (Å²) in [6, 6.07) is 10.7. The minimum absolute atomic E-state index is 0.0431. The number of anilines is 1. The molecular weight excluding hydrogens is 553 g/mol. The van der Waals surface area contributed by atoms with E-state index in [1.165, 1.54) is 0 Å². The number of hydrogen-bond donors (Lipinski definition) is 2. The summed E-state index contributed by atoms with van der Waals surface area (Å²) in [5.41, 5.74) is 9.20. The van der Waals surface area contributed by atoms with Gasteiger partial charge in [-0.1, -0.05) is 47.1 Å². The molecule has 6 rings (SSSR count). The van der Waals surface area contributed by atoms with Crippen molar-refractivity contribution in [2.24, 2.45) is 16.3 Å². The van der Waals surface area contributed by atoms with Gasteiger partial charge in [-0.3, -0.25) is 9.38 Å². The fourth-order valence-electron chi connectivity index (χ4n) is 5.47. The Morgan fingerprint density at radius 3 is 2.65 bits per heavy atom. The molecule has 1 unspecified atom stereocenters. The number of hydrogen-bond acceptors (Lipinski definition) is 8. The van der Waals surface area contributed by atoms with Crippen molar-refractivity contribution in [2.75, 3.05) is 18.0 Å². The molecule has 0 amide bonds. The molecule has 0 radical (unpaired) electrons. The summed E-state index contributed by atoms with van der Waals surface area (Å²) in [6.45, 7) is 1.37. The summed E-state index contributed by atoms with van der Waals surface area (Å²) in [5.74, 6) is 0.655. The number of nitrogens with two attached hydrogens (primary N) is 2. The highest BCUT2D eigenvalue weighted by atomic mass is 35.5. The van der Waals surface area contributed by atoms with Gasteiger partial charge >= 0.3 is 0 Å². The Bertz CT molecular complexity index is 1640. The molecule has 0 bridgehead atoms. The molecule has 4 aromatic rings. The van der Waals surface area contributed by atoms with Gasteiger partial charge in [-0.25, -0.2) is 13.6 Å². The van der Waals surface area contributed by atoms with Crippen LogP contribution in [0.3, 0.4) is 0 Å². The van der Waals surface area contributed by atoms with E-state index in [9.17, 15) is 8.42 Å². The van der Waals surface area contributed by atoms with E-state index in [0.29, 0.717) is 44.4 Å². The van der Waals surface area contributed by atoms with Crippen molar-refractivity contribution >= 4 is 56.5 Å². The largest absolute Gasteiger partial charge is 0.358 e. The first-order chi connectivity index (χ1) is 17.7. The number of piperidine rings is 1. The molecule has 0 saturated carbocycles. The Labute approximate surface area is 228 Å². The molecule has 1 fully saturated rings. The van der Waals surface area contributed by atoms with Crippen molar-refractivity contribution in [3.8, 4) is 0 Å². The first-order valence-corrected chi connectivity index (χ1v) is 14.8. The monoisotopic (exact) mass is 575 g/mol. The van der Waals surface area contributed by atoms with Gasteiger partial charge in [0.25, 0.3) is 0 Å². The van der Waals surface area contributed by atoms with E-state index < -0.39 is 10.0 Å². The number of primary sulfonamides is 1. The fraction of sp³-hybridized carbons (Fsp3) is 0.292. The number of fused-ring (bicyclic) bond motifs is 2. The molecule has 4 N–H and O–H groups in total. The highest BCUT2D eigenvalue weighted by Crippen LogP contribution is 2.51. The molecule has 13 heteroatoms. The Morgan fingerprint density at radius 2 is 1.92 bits per heavy atom. The van der Waals surface area contributed by atoms with Gasteiger partial charge in [0, 0.05) is 42.0 Å². The zero-order chi connectivity index (χ0) is 25.9. The first-order valence-electron chi connectivity index (χ1n) is 11.6. The van der Waals surface area contributed by atoms with E-state index in [0.717, 1.165) is 42.3 Å². The topological polar surface area (TPSA) is 132 Å². The molecule has 1 saturated heterocycles. The van der Waals surface area contributed by atoms with E-state index in [2.05, 4.69) is 26.1 Å². The minimum atomic E-state index is -4.11. The van der Waals surface area contributed by atoms with Gasteiger partial charge in [-0.05, 0) is 48.4 Å². The maximum atomic E-state index is 12.8. The van der Waals surface area contributed by atoms with Gasteiger partial charge in [-0.2, -0.15) is 0 Å². The summed E-state index contributed by atoms with van der Waals surface area (Å²) < 4.78 is 27.3. The third-order valence-corrected chi connectivity index (χ3v) is 10.6. The van der Waals surface area contributed by atoms with E-state index in [1.54, 1.807) is 35.0 Å². The van der Waals surface area contributed by atoms with Crippen LogP contribution in [0.25, 0.3) is 5.65 Å². The molecule has 3 aromatic heterocycles. The fourth-order valence-corrected chi connectivity index (χ4v) is 7.99. The molecule has 1 aliphatic heterocycles. The van der Waals surface area contributed by atoms with Crippen molar-refractivity contribution in [1.29, 1.82) is 0 Å². The number of nitrogens with zero attached hydrogens (tertiary/aromatic N) is 5. The molecule has 4 heterocycles. The number of aromatic nitrogens is 4. The van der Waals surface area contributed by atoms with Crippen LogP contribution in [-0.4, -0.2) is 41.1 Å². The highest BCUT2D eigenvalue weighted by Gasteiger charge is 2.46. The minimum Gasteiger partial charge on any atom is -0.358 e. The van der Waals surface area contributed by atoms with Crippen LogP contribution in [0.2, 0.25) is 10.0 Å². The number of halogens is 2. The average molecular weight is 577 g/mol. The van der Waals surface area contributed by atoms with Crippen molar-refractivity contribution < 1.29 is 8.42 Å². The van der Waals surface area contributed by atoms with Crippen LogP contribution in [0.15, 0.2) is 63.6 Å². The molecule has 1 aliphatic carbocycles. The maximum Gasteiger partial charge on any atom is 0.239 e. The standard InChI is InChI=1S/C24H23Cl2N7O2S2/c25-15-4-1-5-17(20(15)26)36-21-18(37(28,34)35)11-19(33-13-30-31-23(21)33)32-9-6-24(7-10-32)12-16-14(22(24)27)3-2-8-29-16/h1-5,8,11,13,22H,6-7,9-10,12,27H2,(H2,28,34,35). The second kappa shape index (κ2) is 9.11. The van der Waals surface area contributed by atoms with Gasteiger partial charge in [0.15, 0.2) is 5.65 Å². The summed E-state index contributed by atoms with van der Waals surface area (Å²) >= 11 is 13.7. The molecule has 2 aliphatic rings. The van der Waals surface area contributed by atoms with Crippen LogP contribution in [0.4, 0.5) is 5.82 Å². The smallest absolute Gasteiger partial charge is 0.239 e. The molecule has 9 nitrogen and oxygen atoms in total. The van der Waals surface area contributed by atoms with Crippen LogP contribution >= 0.6 is 35.0 Å². The molecule has 1 spiro atoms. The van der Waals surface area contributed by atoms with Crippen LogP contribution in [-0.2, 0) is 16.4 Å². The van der Waals surface area contributed by atoms with Crippen LogP contribution in [0.5, 0.6) is 0 Å². The van der Waals surface area contributed by atoms with Gasteiger partial charge in [0.1, 0.15) is 17.0 Å². The van der Waals surface area contributed by atoms with Crippen LogP contribution in [0, 0.1) is 5.41 Å². The van der Waals surface area contributed by atoms with Crippen LogP contribution in [0.1, 0.15) is 30.1 Å². The Hall–Kier alpha value is -2.41. The summed E-state index contributed by atoms with van der Waals surface area (Å²) in [5, 5.41) is 14.7. The van der Waals surface area contributed by atoms with Crippen molar-refractivity contribution in [1.82, 2.24) is 19.6 Å². The quantitative estimate of drug-likeness (QED) is 0.372. The lowest BCUT2D eigenvalue weighted by molar-refractivity contribution is 0.186. The number of rotatable bonds is 4. The molecular formula is C24H23Cl2N7O2S2. The van der Waals surface area contributed by atoms with Gasteiger partial charge < -0.3 is 10.6 Å². The lowest BCUT2D eigenvalue weighted by Crippen LogP contribution is -2.45.